The highest BCUT2D eigenvalue weighted by atomic mass is 16.7. The van der Waals surface area contributed by atoms with Crippen molar-refractivity contribution in [3.05, 3.63) is 29.8 Å². The van der Waals surface area contributed by atoms with Gasteiger partial charge >= 0.3 is 0 Å². The first-order valence-electron chi connectivity index (χ1n) is 7.95. The molecule has 4 nitrogen and oxygen atoms in total. The number of hydrogen-bond donors (Lipinski definition) is 0. The Morgan fingerprint density at radius 1 is 1.23 bits per heavy atom. The van der Waals surface area contributed by atoms with E-state index in [4.69, 9.17) is 18.9 Å². The van der Waals surface area contributed by atoms with Gasteiger partial charge in [0.25, 0.3) is 0 Å². The standard InChI is InChI=1S/C18H26O4/c1-14(2)19-11-9-15(3)6-4-5-10-20-16-7-8-17-18(12-16)22-13-21-17/h6-8,12,14H,4-5,9-11,13H2,1-3H3. The Morgan fingerprint density at radius 2 is 2.05 bits per heavy atom. The molecule has 0 saturated carbocycles. The van der Waals surface area contributed by atoms with Gasteiger partial charge in [-0.2, -0.15) is 0 Å². The van der Waals surface area contributed by atoms with Crippen molar-refractivity contribution < 1.29 is 18.9 Å². The molecule has 22 heavy (non-hydrogen) atoms. The molecule has 0 N–H and O–H groups in total. The fourth-order valence-corrected chi connectivity index (χ4v) is 2.15. The second-order valence-electron chi connectivity index (χ2n) is 5.73. The van der Waals surface area contributed by atoms with Gasteiger partial charge in [-0.05, 0) is 52.2 Å². The summed E-state index contributed by atoms with van der Waals surface area (Å²) < 4.78 is 21.9. The lowest BCUT2D eigenvalue weighted by Crippen LogP contribution is -2.04. The highest BCUT2D eigenvalue weighted by Gasteiger charge is 2.13. The summed E-state index contributed by atoms with van der Waals surface area (Å²) in [5.74, 6) is 2.38. The lowest BCUT2D eigenvalue weighted by molar-refractivity contribution is 0.0813. The predicted octanol–water partition coefficient (Wildman–Crippen LogP) is 4.34. The van der Waals surface area contributed by atoms with Crippen LogP contribution in [0, 0.1) is 0 Å². The summed E-state index contributed by atoms with van der Waals surface area (Å²) in [7, 11) is 0. The molecule has 1 heterocycles. The van der Waals surface area contributed by atoms with E-state index in [1.807, 2.05) is 18.2 Å². The van der Waals surface area contributed by atoms with Gasteiger partial charge in [-0.1, -0.05) is 11.6 Å². The third kappa shape index (κ3) is 5.60. The Balaban J connectivity index is 1.61. The summed E-state index contributed by atoms with van der Waals surface area (Å²) in [5, 5.41) is 0. The minimum atomic E-state index is 0.295. The van der Waals surface area contributed by atoms with E-state index in [0.717, 1.165) is 43.1 Å². The molecule has 0 aliphatic carbocycles. The summed E-state index contributed by atoms with van der Waals surface area (Å²) in [6.07, 6.45) is 5.60. The third-order valence-corrected chi connectivity index (χ3v) is 3.40. The van der Waals surface area contributed by atoms with E-state index in [0.29, 0.717) is 19.5 Å². The highest BCUT2D eigenvalue weighted by molar-refractivity contribution is 5.46. The number of unbranched alkanes of at least 4 members (excludes halogenated alkanes) is 1. The Labute approximate surface area is 133 Å². The van der Waals surface area contributed by atoms with Crippen LogP contribution in [0.25, 0.3) is 0 Å². The van der Waals surface area contributed by atoms with Crippen LogP contribution in [0.3, 0.4) is 0 Å². The average molecular weight is 306 g/mol. The van der Waals surface area contributed by atoms with E-state index in [1.165, 1.54) is 5.57 Å². The first kappa shape index (κ1) is 16.7. The molecule has 2 rings (SSSR count). The minimum Gasteiger partial charge on any atom is -0.493 e. The first-order chi connectivity index (χ1) is 10.6. The van der Waals surface area contributed by atoms with Crippen LogP contribution in [0.15, 0.2) is 29.8 Å². The van der Waals surface area contributed by atoms with Gasteiger partial charge < -0.3 is 18.9 Å². The van der Waals surface area contributed by atoms with Gasteiger partial charge in [-0.25, -0.2) is 0 Å². The van der Waals surface area contributed by atoms with Crippen LogP contribution in [0.2, 0.25) is 0 Å². The van der Waals surface area contributed by atoms with Crippen LogP contribution in [0.1, 0.15) is 40.0 Å². The number of benzene rings is 1. The quantitative estimate of drug-likeness (QED) is 0.502. The second kappa shape index (κ2) is 8.69. The Hall–Kier alpha value is -1.68. The van der Waals surface area contributed by atoms with E-state index >= 15 is 0 Å². The molecule has 0 spiro atoms. The van der Waals surface area contributed by atoms with Crippen molar-refractivity contribution in [3.63, 3.8) is 0 Å². The van der Waals surface area contributed by atoms with E-state index in [-0.39, 0.29) is 0 Å². The molecule has 1 aromatic carbocycles. The van der Waals surface area contributed by atoms with Gasteiger partial charge in [-0.15, -0.1) is 0 Å². The highest BCUT2D eigenvalue weighted by Crippen LogP contribution is 2.35. The van der Waals surface area contributed by atoms with Crippen molar-refractivity contribution in [1.29, 1.82) is 0 Å². The van der Waals surface area contributed by atoms with Crippen molar-refractivity contribution in [3.8, 4) is 17.2 Å². The zero-order valence-electron chi connectivity index (χ0n) is 13.8. The SMILES string of the molecule is CC(=CCCCOc1ccc2c(c1)OCO2)CCOC(C)C. The molecular formula is C18H26O4. The summed E-state index contributed by atoms with van der Waals surface area (Å²) in [5.41, 5.74) is 1.38. The molecule has 1 aliphatic rings. The molecule has 0 saturated heterocycles. The van der Waals surface area contributed by atoms with Gasteiger partial charge in [0.1, 0.15) is 5.75 Å². The molecule has 1 aromatic rings. The monoisotopic (exact) mass is 306 g/mol. The number of fused-ring (bicyclic) bond motifs is 1. The zero-order valence-corrected chi connectivity index (χ0v) is 13.8. The number of rotatable bonds is 9. The fraction of sp³-hybridized carbons (Fsp3) is 0.556. The molecule has 1 aliphatic heterocycles. The summed E-state index contributed by atoms with van der Waals surface area (Å²) in [4.78, 5) is 0. The van der Waals surface area contributed by atoms with Crippen molar-refractivity contribution >= 4 is 0 Å². The van der Waals surface area contributed by atoms with Gasteiger partial charge in [0.05, 0.1) is 19.3 Å². The molecular weight excluding hydrogens is 280 g/mol. The third-order valence-electron chi connectivity index (χ3n) is 3.40. The van der Waals surface area contributed by atoms with Crippen LogP contribution < -0.4 is 14.2 Å². The molecule has 0 bridgehead atoms. The maximum atomic E-state index is 5.74. The Bertz CT molecular complexity index is 494. The molecule has 0 radical (unpaired) electrons. The van der Waals surface area contributed by atoms with E-state index in [1.54, 1.807) is 0 Å². The smallest absolute Gasteiger partial charge is 0.231 e. The fourth-order valence-electron chi connectivity index (χ4n) is 2.15. The van der Waals surface area contributed by atoms with Crippen molar-refractivity contribution in [2.24, 2.45) is 0 Å². The van der Waals surface area contributed by atoms with Crippen LogP contribution in [0.5, 0.6) is 17.2 Å². The molecule has 0 atom stereocenters. The topological polar surface area (TPSA) is 36.9 Å². The predicted molar refractivity (Wildman–Crippen MR) is 86.8 cm³/mol. The van der Waals surface area contributed by atoms with Gasteiger partial charge in [0, 0.05) is 6.07 Å². The normalized spacial score (nSPS) is 13.7. The van der Waals surface area contributed by atoms with Gasteiger partial charge in [-0.3, -0.25) is 0 Å². The Morgan fingerprint density at radius 3 is 2.86 bits per heavy atom. The minimum absolute atomic E-state index is 0.295. The van der Waals surface area contributed by atoms with E-state index < -0.39 is 0 Å². The molecule has 0 fully saturated rings. The lowest BCUT2D eigenvalue weighted by Gasteiger charge is -2.08. The number of hydrogen-bond acceptors (Lipinski definition) is 4. The molecule has 0 aromatic heterocycles. The zero-order chi connectivity index (χ0) is 15.8. The number of allylic oxidation sites excluding steroid dienone is 1. The lowest BCUT2D eigenvalue weighted by atomic mass is 10.1. The van der Waals surface area contributed by atoms with E-state index in [2.05, 4.69) is 26.8 Å². The van der Waals surface area contributed by atoms with Crippen LogP contribution in [-0.2, 0) is 4.74 Å². The molecule has 0 unspecified atom stereocenters. The van der Waals surface area contributed by atoms with Crippen LogP contribution in [0.4, 0.5) is 0 Å². The van der Waals surface area contributed by atoms with Gasteiger partial charge in [0.15, 0.2) is 11.5 Å². The van der Waals surface area contributed by atoms with E-state index in [9.17, 15) is 0 Å². The second-order valence-corrected chi connectivity index (χ2v) is 5.73. The maximum Gasteiger partial charge on any atom is 0.231 e. The first-order valence-corrected chi connectivity index (χ1v) is 7.95. The summed E-state index contributed by atoms with van der Waals surface area (Å²) in [6.45, 7) is 8.07. The van der Waals surface area contributed by atoms with Crippen molar-refractivity contribution in [2.45, 2.75) is 46.1 Å². The summed E-state index contributed by atoms with van der Waals surface area (Å²) in [6, 6.07) is 5.68. The Kier molecular flexibility index (Phi) is 6.59. The number of ether oxygens (including phenoxy) is 4. The molecule has 122 valence electrons. The summed E-state index contributed by atoms with van der Waals surface area (Å²) >= 11 is 0. The maximum absolute atomic E-state index is 5.74. The molecule has 4 heteroatoms. The average Bonchev–Trinajstić information content (AvgIpc) is 2.94. The van der Waals surface area contributed by atoms with Crippen LogP contribution >= 0.6 is 0 Å². The molecule has 0 amide bonds. The largest absolute Gasteiger partial charge is 0.493 e. The van der Waals surface area contributed by atoms with Crippen molar-refractivity contribution in [1.82, 2.24) is 0 Å². The van der Waals surface area contributed by atoms with Crippen LogP contribution in [-0.4, -0.2) is 26.1 Å². The van der Waals surface area contributed by atoms with Crippen molar-refractivity contribution in [2.75, 3.05) is 20.0 Å². The van der Waals surface area contributed by atoms with Gasteiger partial charge in [0.2, 0.25) is 6.79 Å².